The molecular formula is C32H38O4. The highest BCUT2D eigenvalue weighted by Gasteiger charge is 2.30. The summed E-state index contributed by atoms with van der Waals surface area (Å²) in [5.41, 5.74) is 6.02. The van der Waals surface area contributed by atoms with Crippen molar-refractivity contribution >= 4 is 16.9 Å². The van der Waals surface area contributed by atoms with Crippen LogP contribution in [0, 0.1) is 37.5 Å². The fraction of sp³-hybridized carbons (Fsp3) is 0.469. The summed E-state index contributed by atoms with van der Waals surface area (Å²) in [5, 5.41) is 10.1. The van der Waals surface area contributed by atoms with Gasteiger partial charge in [-0.1, -0.05) is 25.8 Å². The van der Waals surface area contributed by atoms with Crippen molar-refractivity contribution in [3.8, 4) is 17.6 Å². The maximum absolute atomic E-state index is 11.0. The van der Waals surface area contributed by atoms with E-state index in [1.165, 1.54) is 19.3 Å². The number of benzene rings is 2. The average Bonchev–Trinajstić information content (AvgIpc) is 3.62. The van der Waals surface area contributed by atoms with Crippen LogP contribution in [-0.4, -0.2) is 11.1 Å². The standard InChI is InChI=1S/C32H38O4/c1-6-8-23-16-27-18-30(24(7-2)15-20(3)25-9-10-25)36-32(27)28(17-23)19-35-29-13-11-26(12-14-31(33)34)21(4)22(29)5/h11,13,16-18,20,24-25H,7,9-10,12,14-15,19H2,1-5H3,(H,33,34). The van der Waals surface area contributed by atoms with Crippen LogP contribution >= 0.6 is 0 Å². The Morgan fingerprint density at radius 2 is 1.94 bits per heavy atom. The SMILES string of the molecule is CC#Cc1cc(COc2ccc(CCC(=O)O)c(C)c2C)c2oc(C(CC)CC(C)C3CC3)cc2c1. The fourth-order valence-electron chi connectivity index (χ4n) is 5.24. The van der Waals surface area contributed by atoms with Crippen molar-refractivity contribution in [3.63, 3.8) is 0 Å². The van der Waals surface area contributed by atoms with E-state index in [2.05, 4.69) is 43.9 Å². The van der Waals surface area contributed by atoms with E-state index in [0.717, 1.165) is 68.6 Å². The molecule has 1 fully saturated rings. The van der Waals surface area contributed by atoms with Crippen LogP contribution in [0.2, 0.25) is 0 Å². The number of rotatable bonds is 11. The third-order valence-electron chi connectivity index (χ3n) is 7.80. The number of aryl methyl sites for hydroxylation is 1. The Morgan fingerprint density at radius 3 is 2.61 bits per heavy atom. The number of hydrogen-bond donors (Lipinski definition) is 1. The maximum atomic E-state index is 11.0. The second-order valence-electron chi connectivity index (χ2n) is 10.4. The minimum atomic E-state index is -0.781. The van der Waals surface area contributed by atoms with Crippen molar-refractivity contribution in [2.24, 2.45) is 11.8 Å². The Bertz CT molecular complexity index is 1300. The summed E-state index contributed by atoms with van der Waals surface area (Å²) in [6.45, 7) is 10.9. The molecule has 1 aromatic heterocycles. The van der Waals surface area contributed by atoms with Gasteiger partial charge < -0.3 is 14.3 Å². The highest BCUT2D eigenvalue weighted by molar-refractivity contribution is 5.83. The predicted molar refractivity (Wildman–Crippen MR) is 145 cm³/mol. The normalized spacial score (nSPS) is 14.8. The van der Waals surface area contributed by atoms with Crippen molar-refractivity contribution in [1.29, 1.82) is 0 Å². The van der Waals surface area contributed by atoms with Crippen LogP contribution in [0.4, 0.5) is 0 Å². The van der Waals surface area contributed by atoms with Crippen LogP contribution < -0.4 is 4.74 Å². The van der Waals surface area contributed by atoms with E-state index in [4.69, 9.17) is 14.3 Å². The summed E-state index contributed by atoms with van der Waals surface area (Å²) in [4.78, 5) is 11.0. The second kappa shape index (κ2) is 11.2. The van der Waals surface area contributed by atoms with Crippen molar-refractivity contribution in [2.75, 3.05) is 0 Å². The molecule has 36 heavy (non-hydrogen) atoms. The summed E-state index contributed by atoms with van der Waals surface area (Å²) in [5.74, 6) is 9.36. The van der Waals surface area contributed by atoms with Crippen LogP contribution in [-0.2, 0) is 17.8 Å². The molecule has 4 heteroatoms. The minimum absolute atomic E-state index is 0.128. The monoisotopic (exact) mass is 486 g/mol. The van der Waals surface area contributed by atoms with Gasteiger partial charge in [-0.2, -0.15) is 0 Å². The van der Waals surface area contributed by atoms with Gasteiger partial charge in [-0.15, -0.1) is 5.92 Å². The molecule has 0 radical (unpaired) electrons. The molecule has 2 aromatic carbocycles. The third-order valence-corrected chi connectivity index (χ3v) is 7.80. The van der Waals surface area contributed by atoms with Gasteiger partial charge in [0.2, 0.25) is 0 Å². The van der Waals surface area contributed by atoms with E-state index in [1.807, 2.05) is 32.9 Å². The molecule has 1 aliphatic rings. The summed E-state index contributed by atoms with van der Waals surface area (Å²) in [6, 6.07) is 10.3. The number of furan rings is 1. The first kappa shape index (κ1) is 25.9. The molecule has 0 aliphatic heterocycles. The smallest absolute Gasteiger partial charge is 0.303 e. The summed E-state index contributed by atoms with van der Waals surface area (Å²) >= 11 is 0. The minimum Gasteiger partial charge on any atom is -0.488 e. The van der Waals surface area contributed by atoms with Gasteiger partial charge in [-0.3, -0.25) is 4.79 Å². The lowest BCUT2D eigenvalue weighted by Gasteiger charge is -2.17. The van der Waals surface area contributed by atoms with E-state index in [0.29, 0.717) is 18.9 Å². The molecule has 1 N–H and O–H groups in total. The van der Waals surface area contributed by atoms with E-state index in [9.17, 15) is 4.79 Å². The number of aliphatic carboxylic acids is 1. The van der Waals surface area contributed by atoms with Crippen molar-refractivity contribution in [3.05, 3.63) is 63.9 Å². The molecule has 2 unspecified atom stereocenters. The molecule has 0 saturated heterocycles. The Kier molecular flexibility index (Phi) is 8.09. The summed E-state index contributed by atoms with van der Waals surface area (Å²) in [6.07, 6.45) is 5.63. The molecule has 1 heterocycles. The fourth-order valence-corrected chi connectivity index (χ4v) is 5.24. The van der Waals surface area contributed by atoms with Gasteiger partial charge in [0.05, 0.1) is 0 Å². The molecule has 0 spiro atoms. The molecular weight excluding hydrogens is 448 g/mol. The van der Waals surface area contributed by atoms with Crippen molar-refractivity contribution in [2.45, 2.75) is 85.7 Å². The lowest BCUT2D eigenvalue weighted by molar-refractivity contribution is -0.136. The maximum Gasteiger partial charge on any atom is 0.303 e. The van der Waals surface area contributed by atoms with Gasteiger partial charge in [0.15, 0.2) is 0 Å². The molecule has 1 aliphatic carbocycles. The highest BCUT2D eigenvalue weighted by atomic mass is 16.5. The highest BCUT2D eigenvalue weighted by Crippen LogP contribution is 2.43. The van der Waals surface area contributed by atoms with Gasteiger partial charge in [-0.05, 0) is 106 Å². The molecule has 190 valence electrons. The Labute approximate surface area is 215 Å². The van der Waals surface area contributed by atoms with Gasteiger partial charge >= 0.3 is 5.97 Å². The van der Waals surface area contributed by atoms with Crippen molar-refractivity contribution in [1.82, 2.24) is 0 Å². The van der Waals surface area contributed by atoms with E-state index in [-0.39, 0.29) is 6.42 Å². The van der Waals surface area contributed by atoms with Crippen LogP contribution in [0.15, 0.2) is 34.7 Å². The molecule has 1 saturated carbocycles. The first-order chi connectivity index (χ1) is 17.3. The zero-order valence-corrected chi connectivity index (χ0v) is 22.2. The Balaban J connectivity index is 1.60. The first-order valence-corrected chi connectivity index (χ1v) is 13.2. The summed E-state index contributed by atoms with van der Waals surface area (Å²) in [7, 11) is 0. The number of carboxylic acid groups (broad SMARTS) is 1. The third kappa shape index (κ3) is 5.95. The van der Waals surface area contributed by atoms with Crippen LogP contribution in [0.3, 0.4) is 0 Å². The Hall–Kier alpha value is -3.19. The summed E-state index contributed by atoms with van der Waals surface area (Å²) < 4.78 is 12.8. The topological polar surface area (TPSA) is 59.7 Å². The molecule has 0 bridgehead atoms. The van der Waals surface area contributed by atoms with Gasteiger partial charge in [0, 0.05) is 28.9 Å². The zero-order valence-electron chi connectivity index (χ0n) is 22.2. The number of carbonyl (C=O) groups is 1. The van der Waals surface area contributed by atoms with E-state index < -0.39 is 5.97 Å². The lowest BCUT2D eigenvalue weighted by Crippen LogP contribution is -2.05. The van der Waals surface area contributed by atoms with Crippen molar-refractivity contribution < 1.29 is 19.1 Å². The van der Waals surface area contributed by atoms with Gasteiger partial charge in [-0.25, -0.2) is 0 Å². The quantitative estimate of drug-likeness (QED) is 0.279. The average molecular weight is 487 g/mol. The number of fused-ring (bicyclic) bond motifs is 1. The van der Waals surface area contributed by atoms with E-state index >= 15 is 0 Å². The largest absolute Gasteiger partial charge is 0.488 e. The second-order valence-corrected chi connectivity index (χ2v) is 10.4. The number of hydrogen-bond acceptors (Lipinski definition) is 3. The van der Waals surface area contributed by atoms with E-state index in [1.54, 1.807) is 0 Å². The number of carboxylic acids is 1. The molecule has 0 amide bonds. The van der Waals surface area contributed by atoms with Crippen LogP contribution in [0.5, 0.6) is 5.75 Å². The molecule has 2 atom stereocenters. The van der Waals surface area contributed by atoms with Gasteiger partial charge in [0.25, 0.3) is 0 Å². The zero-order chi connectivity index (χ0) is 25.8. The predicted octanol–water partition coefficient (Wildman–Crippen LogP) is 7.95. The van der Waals surface area contributed by atoms with Gasteiger partial charge in [0.1, 0.15) is 23.7 Å². The molecule has 4 nitrogen and oxygen atoms in total. The molecule has 3 aromatic rings. The molecule has 4 rings (SSSR count). The first-order valence-electron chi connectivity index (χ1n) is 13.2. The lowest BCUT2D eigenvalue weighted by atomic mass is 9.89. The Morgan fingerprint density at radius 1 is 1.17 bits per heavy atom. The van der Waals surface area contributed by atoms with Crippen LogP contribution in [0.1, 0.15) is 92.4 Å². The number of ether oxygens (including phenoxy) is 1. The van der Waals surface area contributed by atoms with Crippen LogP contribution in [0.25, 0.3) is 11.0 Å².